The summed E-state index contributed by atoms with van der Waals surface area (Å²) in [5.74, 6) is -2.04. The van der Waals surface area contributed by atoms with Gasteiger partial charge in [0.25, 0.3) is 0 Å². The first kappa shape index (κ1) is 14.5. The van der Waals surface area contributed by atoms with E-state index in [1.165, 1.54) is 11.8 Å². The van der Waals surface area contributed by atoms with Crippen LogP contribution in [0.4, 0.5) is 0 Å². The lowest BCUT2D eigenvalue weighted by molar-refractivity contribution is -0.168. The van der Waals surface area contributed by atoms with Gasteiger partial charge in [-0.3, -0.25) is 0 Å². The van der Waals surface area contributed by atoms with Crippen molar-refractivity contribution in [1.29, 1.82) is 0 Å². The van der Waals surface area contributed by atoms with Crippen LogP contribution < -0.4 is 0 Å². The van der Waals surface area contributed by atoms with E-state index in [1.807, 2.05) is 0 Å². The molecule has 0 amide bonds. The molecule has 0 heterocycles. The highest BCUT2D eigenvalue weighted by Gasteiger charge is 2.26. The van der Waals surface area contributed by atoms with Gasteiger partial charge in [-0.2, -0.15) is 11.8 Å². The average Bonchev–Trinajstić information content (AvgIpc) is 2.38. The van der Waals surface area contributed by atoms with Gasteiger partial charge in [0.05, 0.1) is 0 Å². The van der Waals surface area contributed by atoms with E-state index in [2.05, 4.69) is 0 Å². The highest BCUT2D eigenvalue weighted by molar-refractivity contribution is 7.98. The molecule has 0 bridgehead atoms. The number of carboxylic acids is 1. The Morgan fingerprint density at radius 3 is 2.44 bits per heavy atom. The number of thioether (sulfide) groups is 1. The van der Waals surface area contributed by atoms with Crippen molar-refractivity contribution in [2.45, 2.75) is 12.2 Å². The molecule has 2 unspecified atom stereocenters. The van der Waals surface area contributed by atoms with Crippen molar-refractivity contribution >= 4 is 23.7 Å². The molecule has 0 spiro atoms. The number of hydrogen-bond donors (Lipinski definition) is 2. The molecule has 1 aromatic rings. The number of ether oxygens (including phenoxy) is 1. The zero-order chi connectivity index (χ0) is 13.5. The Bertz CT molecular complexity index is 406. The number of rotatable bonds is 6. The number of carbonyl (C=O) groups is 2. The van der Waals surface area contributed by atoms with Crippen LogP contribution in [-0.4, -0.2) is 40.3 Å². The van der Waals surface area contributed by atoms with E-state index >= 15 is 0 Å². The molecule has 0 aliphatic carbocycles. The largest absolute Gasteiger partial charge is 0.478 e. The van der Waals surface area contributed by atoms with Gasteiger partial charge >= 0.3 is 11.9 Å². The van der Waals surface area contributed by atoms with E-state index in [1.54, 1.807) is 36.6 Å². The third kappa shape index (κ3) is 4.05. The van der Waals surface area contributed by atoms with Crippen LogP contribution in [0.1, 0.15) is 11.7 Å². The Kier molecular flexibility index (Phi) is 5.67. The van der Waals surface area contributed by atoms with Crippen molar-refractivity contribution < 1.29 is 24.5 Å². The molecule has 6 heteroatoms. The first-order valence-electron chi connectivity index (χ1n) is 5.21. The van der Waals surface area contributed by atoms with Crippen LogP contribution in [0.15, 0.2) is 30.3 Å². The van der Waals surface area contributed by atoms with Gasteiger partial charge < -0.3 is 14.9 Å². The monoisotopic (exact) mass is 270 g/mol. The van der Waals surface area contributed by atoms with Crippen molar-refractivity contribution in [2.75, 3.05) is 12.0 Å². The minimum Gasteiger partial charge on any atom is -0.478 e. The molecule has 0 saturated heterocycles. The molecule has 0 aliphatic rings. The number of aliphatic carboxylic acids is 1. The number of benzene rings is 1. The maximum absolute atomic E-state index is 11.6. The van der Waals surface area contributed by atoms with Crippen molar-refractivity contribution in [3.8, 4) is 0 Å². The smallest absolute Gasteiger partial charge is 0.345 e. The predicted octanol–water partition coefficient (Wildman–Crippen LogP) is 1.08. The lowest BCUT2D eigenvalue weighted by Crippen LogP contribution is -2.31. The molecule has 1 aromatic carbocycles. The maximum atomic E-state index is 11.6. The van der Waals surface area contributed by atoms with Gasteiger partial charge in [-0.15, -0.1) is 0 Å². The molecular formula is C12H14O5S. The minimum absolute atomic E-state index is 0.141. The first-order chi connectivity index (χ1) is 8.56. The fraction of sp³-hybridized carbons (Fsp3) is 0.333. The molecular weight excluding hydrogens is 256 g/mol. The zero-order valence-corrected chi connectivity index (χ0v) is 10.6. The van der Waals surface area contributed by atoms with Crippen LogP contribution in [0.3, 0.4) is 0 Å². The van der Waals surface area contributed by atoms with Gasteiger partial charge in [0.15, 0.2) is 6.10 Å². The van der Waals surface area contributed by atoms with Gasteiger partial charge in [0.1, 0.15) is 0 Å². The van der Waals surface area contributed by atoms with E-state index in [9.17, 15) is 14.7 Å². The molecule has 0 aromatic heterocycles. The Hall–Kier alpha value is -1.53. The molecule has 5 nitrogen and oxygen atoms in total. The van der Waals surface area contributed by atoms with Crippen LogP contribution in [-0.2, 0) is 14.3 Å². The van der Waals surface area contributed by atoms with E-state index < -0.39 is 24.1 Å². The summed E-state index contributed by atoms with van der Waals surface area (Å²) >= 11 is 1.25. The van der Waals surface area contributed by atoms with Gasteiger partial charge in [0, 0.05) is 5.75 Å². The maximum Gasteiger partial charge on any atom is 0.345 e. The summed E-state index contributed by atoms with van der Waals surface area (Å²) in [6.45, 7) is 0. The minimum atomic E-state index is -1.46. The second kappa shape index (κ2) is 7.03. The van der Waals surface area contributed by atoms with Crippen molar-refractivity contribution in [2.24, 2.45) is 0 Å². The van der Waals surface area contributed by atoms with Crippen molar-refractivity contribution in [3.63, 3.8) is 0 Å². The van der Waals surface area contributed by atoms with Gasteiger partial charge in [-0.1, -0.05) is 30.3 Å². The van der Waals surface area contributed by atoms with E-state index in [-0.39, 0.29) is 5.75 Å². The van der Waals surface area contributed by atoms with E-state index in [4.69, 9.17) is 9.84 Å². The van der Waals surface area contributed by atoms with Gasteiger partial charge in [-0.25, -0.2) is 9.59 Å². The van der Waals surface area contributed by atoms with Crippen molar-refractivity contribution in [1.82, 2.24) is 0 Å². The summed E-state index contributed by atoms with van der Waals surface area (Å²) in [6.07, 6.45) is -1.00. The Labute approximate surface area is 109 Å². The summed E-state index contributed by atoms with van der Waals surface area (Å²) in [5, 5.41) is 18.5. The number of esters is 1. The van der Waals surface area contributed by atoms with Crippen LogP contribution in [0.2, 0.25) is 0 Å². The fourth-order valence-electron chi connectivity index (χ4n) is 1.28. The molecule has 1 rings (SSSR count). The summed E-state index contributed by atoms with van der Waals surface area (Å²) in [4.78, 5) is 22.4. The molecule has 2 atom stereocenters. The number of aliphatic hydroxyl groups is 1. The number of aliphatic hydroxyl groups excluding tert-OH is 1. The topological polar surface area (TPSA) is 83.8 Å². The van der Waals surface area contributed by atoms with Gasteiger partial charge in [-0.05, 0) is 11.8 Å². The van der Waals surface area contributed by atoms with Crippen LogP contribution >= 0.6 is 11.8 Å². The van der Waals surface area contributed by atoms with E-state index in [0.29, 0.717) is 5.56 Å². The summed E-state index contributed by atoms with van der Waals surface area (Å²) < 4.78 is 4.76. The standard InChI is InChI=1S/C12H14O5S/c1-18-7-9(11(14)15)17-12(16)10(13)8-5-3-2-4-6-8/h2-6,9-10,13H,7H2,1H3,(H,14,15). The zero-order valence-electron chi connectivity index (χ0n) is 9.78. The number of carbonyl (C=O) groups excluding carboxylic acids is 1. The number of hydrogen-bond acceptors (Lipinski definition) is 5. The molecule has 18 heavy (non-hydrogen) atoms. The second-order valence-corrected chi connectivity index (χ2v) is 4.44. The van der Waals surface area contributed by atoms with Crippen LogP contribution in [0.25, 0.3) is 0 Å². The SMILES string of the molecule is CSCC(OC(=O)C(O)c1ccccc1)C(=O)O. The molecule has 0 saturated carbocycles. The molecule has 0 aliphatic heterocycles. The average molecular weight is 270 g/mol. The third-order valence-corrected chi connectivity index (χ3v) is 2.83. The first-order valence-corrected chi connectivity index (χ1v) is 6.61. The summed E-state index contributed by atoms with van der Waals surface area (Å²) in [6, 6.07) is 8.21. The Balaban J connectivity index is 2.67. The van der Waals surface area contributed by atoms with Gasteiger partial charge in [0.2, 0.25) is 6.10 Å². The molecule has 2 N–H and O–H groups in total. The highest BCUT2D eigenvalue weighted by Crippen LogP contribution is 2.15. The Morgan fingerprint density at radius 1 is 1.33 bits per heavy atom. The highest BCUT2D eigenvalue weighted by atomic mass is 32.2. The quantitative estimate of drug-likeness (QED) is 0.752. The summed E-state index contributed by atoms with van der Waals surface area (Å²) in [7, 11) is 0. The molecule has 98 valence electrons. The normalized spacial score (nSPS) is 13.7. The summed E-state index contributed by atoms with van der Waals surface area (Å²) in [5.41, 5.74) is 0.371. The van der Waals surface area contributed by atoms with Crippen LogP contribution in [0.5, 0.6) is 0 Å². The third-order valence-electron chi connectivity index (χ3n) is 2.19. The fourth-order valence-corrected chi connectivity index (χ4v) is 1.80. The lowest BCUT2D eigenvalue weighted by Gasteiger charge is -2.15. The van der Waals surface area contributed by atoms with E-state index in [0.717, 1.165) is 0 Å². The second-order valence-electron chi connectivity index (χ2n) is 3.53. The molecule has 0 fully saturated rings. The number of carboxylic acid groups (broad SMARTS) is 1. The predicted molar refractivity (Wildman–Crippen MR) is 67.3 cm³/mol. The molecule has 0 radical (unpaired) electrons. The van der Waals surface area contributed by atoms with Crippen LogP contribution in [0, 0.1) is 0 Å². The Morgan fingerprint density at radius 2 is 1.94 bits per heavy atom. The lowest BCUT2D eigenvalue weighted by atomic mass is 10.1. The van der Waals surface area contributed by atoms with Crippen molar-refractivity contribution in [3.05, 3.63) is 35.9 Å².